The van der Waals surface area contributed by atoms with Gasteiger partial charge in [0.2, 0.25) is 0 Å². The average Bonchev–Trinajstić information content (AvgIpc) is 3.31. The van der Waals surface area contributed by atoms with Gasteiger partial charge in [0.25, 0.3) is 5.91 Å². The van der Waals surface area contributed by atoms with Crippen molar-refractivity contribution in [2.75, 3.05) is 26.2 Å². The van der Waals surface area contributed by atoms with Crippen molar-refractivity contribution in [1.29, 1.82) is 0 Å². The molecule has 2 fully saturated rings. The smallest absolute Gasteiger partial charge is 0.263 e. The molecule has 4 nitrogen and oxygen atoms in total. The Morgan fingerprint density at radius 3 is 1.85 bits per heavy atom. The first-order valence-electron chi connectivity index (χ1n) is 12.0. The van der Waals surface area contributed by atoms with Crippen LogP contribution in [0.4, 0.5) is 0 Å². The highest BCUT2D eigenvalue weighted by Crippen LogP contribution is 2.52. The monoisotopic (exact) mass is 440 g/mol. The van der Waals surface area contributed by atoms with Gasteiger partial charge in [-0.05, 0) is 41.4 Å². The molecule has 0 radical (unpaired) electrons. The van der Waals surface area contributed by atoms with Gasteiger partial charge in [-0.2, -0.15) is 0 Å². The van der Waals surface area contributed by atoms with E-state index >= 15 is 0 Å². The summed E-state index contributed by atoms with van der Waals surface area (Å²) in [5.74, 6) is 1.60. The van der Waals surface area contributed by atoms with Crippen LogP contribution in [0, 0.1) is 17.8 Å². The van der Waals surface area contributed by atoms with E-state index in [9.17, 15) is 9.90 Å². The summed E-state index contributed by atoms with van der Waals surface area (Å²) < 4.78 is 0. The largest absolute Gasteiger partial charge is 0.372 e. The first-order chi connectivity index (χ1) is 16.1. The molecule has 33 heavy (non-hydrogen) atoms. The van der Waals surface area contributed by atoms with Gasteiger partial charge in [-0.1, -0.05) is 91.0 Å². The van der Waals surface area contributed by atoms with Crippen molar-refractivity contribution in [2.24, 2.45) is 17.8 Å². The Bertz CT molecular complexity index is 1020. The number of carbonyl (C=O) groups is 1. The van der Waals surface area contributed by atoms with E-state index in [0.29, 0.717) is 42.0 Å². The van der Waals surface area contributed by atoms with E-state index in [1.165, 1.54) is 5.56 Å². The highest BCUT2D eigenvalue weighted by atomic mass is 16.3. The fourth-order valence-electron chi connectivity index (χ4n) is 5.59. The third-order valence-electron chi connectivity index (χ3n) is 7.49. The number of likely N-dealkylation sites (tertiary alicyclic amines) is 1. The SMILES string of the molecule is CCN(CC1[C@H]2CN(Cc3ccccc3)C[C@@H]12)C(=O)C(O)(c1ccccc1)c1ccccc1. The van der Waals surface area contributed by atoms with Crippen molar-refractivity contribution < 1.29 is 9.90 Å². The van der Waals surface area contributed by atoms with Gasteiger partial charge >= 0.3 is 0 Å². The predicted molar refractivity (Wildman–Crippen MR) is 130 cm³/mol. The number of nitrogens with zero attached hydrogens (tertiary/aromatic N) is 2. The van der Waals surface area contributed by atoms with Crippen molar-refractivity contribution in [3.63, 3.8) is 0 Å². The number of hydrogen-bond acceptors (Lipinski definition) is 3. The molecule has 170 valence electrons. The van der Waals surface area contributed by atoms with E-state index in [0.717, 1.165) is 19.6 Å². The number of carbonyl (C=O) groups excluding carboxylic acids is 1. The van der Waals surface area contributed by atoms with Gasteiger partial charge in [0.05, 0.1) is 0 Å². The summed E-state index contributed by atoms with van der Waals surface area (Å²) in [6.45, 7) is 6.50. The van der Waals surface area contributed by atoms with Crippen LogP contribution in [0.15, 0.2) is 91.0 Å². The lowest BCUT2D eigenvalue weighted by molar-refractivity contribution is -0.148. The minimum absolute atomic E-state index is 0.228. The van der Waals surface area contributed by atoms with Crippen molar-refractivity contribution in [1.82, 2.24) is 9.80 Å². The Hall–Kier alpha value is -2.95. The Kier molecular flexibility index (Phi) is 6.05. The molecule has 1 amide bonds. The number of benzene rings is 3. The average molecular weight is 441 g/mol. The van der Waals surface area contributed by atoms with Gasteiger partial charge in [0, 0.05) is 32.7 Å². The second-order valence-electron chi connectivity index (χ2n) is 9.46. The fourth-order valence-corrected chi connectivity index (χ4v) is 5.59. The Balaban J connectivity index is 1.29. The molecule has 3 aromatic carbocycles. The topological polar surface area (TPSA) is 43.8 Å². The Morgan fingerprint density at radius 2 is 1.36 bits per heavy atom. The van der Waals surface area contributed by atoms with Crippen LogP contribution in [0.1, 0.15) is 23.6 Å². The van der Waals surface area contributed by atoms with E-state index in [1.807, 2.05) is 72.5 Å². The van der Waals surface area contributed by atoms with Gasteiger partial charge in [0.15, 0.2) is 5.60 Å². The minimum Gasteiger partial charge on any atom is -0.372 e. The summed E-state index contributed by atoms with van der Waals surface area (Å²) in [6.07, 6.45) is 0. The summed E-state index contributed by atoms with van der Waals surface area (Å²) in [5.41, 5.74) is 0.910. The molecular weight excluding hydrogens is 408 g/mol. The maximum atomic E-state index is 13.9. The molecule has 1 saturated heterocycles. The highest BCUT2D eigenvalue weighted by Gasteiger charge is 2.56. The Labute approximate surface area is 196 Å². The predicted octanol–water partition coefficient (Wildman–Crippen LogP) is 4.15. The molecule has 0 bridgehead atoms. The number of amides is 1. The zero-order valence-electron chi connectivity index (χ0n) is 19.2. The number of piperidine rings is 1. The van der Waals surface area contributed by atoms with Crippen molar-refractivity contribution in [3.05, 3.63) is 108 Å². The summed E-state index contributed by atoms with van der Waals surface area (Å²) >= 11 is 0. The molecule has 1 N–H and O–H groups in total. The van der Waals surface area contributed by atoms with E-state index in [4.69, 9.17) is 0 Å². The summed E-state index contributed by atoms with van der Waals surface area (Å²) in [6, 6.07) is 29.3. The van der Waals surface area contributed by atoms with Crippen LogP contribution in [0.2, 0.25) is 0 Å². The number of hydrogen-bond donors (Lipinski definition) is 1. The summed E-state index contributed by atoms with van der Waals surface area (Å²) in [7, 11) is 0. The molecule has 1 unspecified atom stereocenters. The summed E-state index contributed by atoms with van der Waals surface area (Å²) in [4.78, 5) is 18.2. The maximum absolute atomic E-state index is 13.9. The lowest BCUT2D eigenvalue weighted by atomic mass is 9.85. The van der Waals surface area contributed by atoms with Crippen LogP contribution in [0.5, 0.6) is 0 Å². The molecule has 1 saturated carbocycles. The van der Waals surface area contributed by atoms with Crippen LogP contribution < -0.4 is 0 Å². The molecule has 0 spiro atoms. The van der Waals surface area contributed by atoms with E-state index in [-0.39, 0.29) is 5.91 Å². The highest BCUT2D eigenvalue weighted by molar-refractivity contribution is 5.90. The van der Waals surface area contributed by atoms with Crippen molar-refractivity contribution in [2.45, 2.75) is 19.1 Å². The molecule has 1 aliphatic heterocycles. The van der Waals surface area contributed by atoms with Gasteiger partial charge < -0.3 is 10.0 Å². The fraction of sp³-hybridized carbons (Fsp3) is 0.345. The molecule has 1 aliphatic carbocycles. The molecule has 0 aromatic heterocycles. The molecule has 3 aromatic rings. The summed E-state index contributed by atoms with van der Waals surface area (Å²) in [5, 5.41) is 11.9. The van der Waals surface area contributed by atoms with Crippen LogP contribution in [-0.2, 0) is 16.9 Å². The zero-order chi connectivity index (χ0) is 22.8. The van der Waals surface area contributed by atoms with E-state index in [1.54, 1.807) is 0 Å². The van der Waals surface area contributed by atoms with Crippen molar-refractivity contribution >= 4 is 5.91 Å². The van der Waals surface area contributed by atoms with Crippen LogP contribution >= 0.6 is 0 Å². The number of rotatable bonds is 8. The second kappa shape index (κ2) is 9.12. The zero-order valence-corrected chi connectivity index (χ0v) is 19.2. The van der Waals surface area contributed by atoms with Crippen LogP contribution in [-0.4, -0.2) is 47.0 Å². The lowest BCUT2D eigenvalue weighted by Crippen LogP contribution is -2.48. The molecule has 2 aliphatic rings. The third kappa shape index (κ3) is 4.21. The molecule has 3 atom stereocenters. The van der Waals surface area contributed by atoms with Crippen LogP contribution in [0.25, 0.3) is 0 Å². The molecule has 4 heteroatoms. The van der Waals surface area contributed by atoms with Gasteiger partial charge in [-0.3, -0.25) is 9.69 Å². The molecule has 5 rings (SSSR count). The maximum Gasteiger partial charge on any atom is 0.263 e. The quantitative estimate of drug-likeness (QED) is 0.572. The molecule has 1 heterocycles. The minimum atomic E-state index is -1.68. The normalized spacial score (nSPS) is 22.1. The first kappa shape index (κ1) is 21.9. The second-order valence-corrected chi connectivity index (χ2v) is 9.46. The van der Waals surface area contributed by atoms with Gasteiger partial charge in [-0.15, -0.1) is 0 Å². The van der Waals surface area contributed by atoms with Crippen LogP contribution in [0.3, 0.4) is 0 Å². The number of aliphatic hydroxyl groups is 1. The lowest BCUT2D eigenvalue weighted by Gasteiger charge is -2.34. The van der Waals surface area contributed by atoms with Gasteiger partial charge in [-0.25, -0.2) is 0 Å². The van der Waals surface area contributed by atoms with Crippen molar-refractivity contribution in [3.8, 4) is 0 Å². The standard InChI is InChI=1S/C29H32N2O2/c1-2-31(21-27-25-19-30(20-26(25)27)18-22-12-6-3-7-13-22)28(32)29(33,23-14-8-4-9-15-23)24-16-10-5-11-17-24/h3-17,25-27,33H,2,18-21H2,1H3/t25-,26+,27?. The number of fused-ring (bicyclic) bond motifs is 1. The van der Waals surface area contributed by atoms with E-state index in [2.05, 4.69) is 35.2 Å². The third-order valence-corrected chi connectivity index (χ3v) is 7.49. The first-order valence-corrected chi connectivity index (χ1v) is 12.0. The molecular formula is C29H32N2O2. The van der Waals surface area contributed by atoms with E-state index < -0.39 is 5.60 Å². The number of likely N-dealkylation sites (N-methyl/N-ethyl adjacent to an activating group) is 1. The Morgan fingerprint density at radius 1 is 0.879 bits per heavy atom. The van der Waals surface area contributed by atoms with Gasteiger partial charge in [0.1, 0.15) is 0 Å².